The topological polar surface area (TPSA) is 88.7 Å². The van der Waals surface area contributed by atoms with Crippen LogP contribution in [-0.4, -0.2) is 36.8 Å². The molecule has 10 heteroatoms. The number of thiazole rings is 1. The highest BCUT2D eigenvalue weighted by atomic mass is 35.5. The van der Waals surface area contributed by atoms with Crippen LogP contribution in [0.1, 0.15) is 22.8 Å². The van der Waals surface area contributed by atoms with E-state index in [1.165, 1.54) is 16.7 Å². The van der Waals surface area contributed by atoms with Crippen molar-refractivity contribution in [2.24, 2.45) is 5.41 Å². The first-order valence-electron chi connectivity index (χ1n) is 10.1. The molecule has 1 saturated heterocycles. The molecule has 1 aromatic heterocycles. The molecule has 1 N–H and O–H groups in total. The van der Waals surface area contributed by atoms with Crippen molar-refractivity contribution in [2.75, 3.05) is 24.9 Å². The van der Waals surface area contributed by atoms with Gasteiger partial charge in [-0.2, -0.15) is 0 Å². The Morgan fingerprint density at radius 2 is 1.79 bits per heavy atom. The fraction of sp³-hybridized carbons (Fsp3) is 0.261. The van der Waals surface area contributed by atoms with Gasteiger partial charge in [-0.25, -0.2) is 4.90 Å². The molecule has 2 aromatic carbocycles. The molecule has 1 fully saturated rings. The second kappa shape index (κ2) is 8.23. The van der Waals surface area contributed by atoms with Crippen LogP contribution in [0.4, 0.5) is 5.69 Å². The number of hydrogen-bond acceptors (Lipinski definition) is 7. The van der Waals surface area contributed by atoms with Gasteiger partial charge in [0.05, 0.1) is 30.3 Å². The van der Waals surface area contributed by atoms with Crippen LogP contribution >= 0.6 is 34.7 Å². The van der Waals surface area contributed by atoms with Crippen LogP contribution in [0.25, 0.3) is 0 Å². The lowest BCUT2D eigenvalue weighted by Gasteiger charge is -2.38. The molecule has 33 heavy (non-hydrogen) atoms. The van der Waals surface area contributed by atoms with Crippen molar-refractivity contribution in [3.05, 3.63) is 67.6 Å². The standard InChI is InChI=1S/C23H19ClN2O5S2/c1-30-15-8-3-12(9-16(15)31-2)18-19-20(25-22(29)33-19)32-11-23(18)10-17(27)26(21(23)28)14-6-4-13(24)5-7-14/h3-9,18H,10-11H2,1-2H3,(H,25,29)/t18-,23+/m0/s1. The fourth-order valence-corrected chi connectivity index (χ4v) is 7.30. The van der Waals surface area contributed by atoms with Crippen LogP contribution in [0.15, 0.2) is 52.3 Å². The van der Waals surface area contributed by atoms with Crippen molar-refractivity contribution in [1.82, 2.24) is 4.98 Å². The van der Waals surface area contributed by atoms with Crippen LogP contribution < -0.4 is 19.2 Å². The smallest absolute Gasteiger partial charge is 0.305 e. The number of thioether (sulfide) groups is 1. The summed E-state index contributed by atoms with van der Waals surface area (Å²) in [5.74, 6) is 0.374. The number of carbonyl (C=O) groups is 2. The predicted octanol–water partition coefficient (Wildman–Crippen LogP) is 4.29. The number of fused-ring (bicyclic) bond motifs is 1. The number of rotatable bonds is 4. The number of methoxy groups -OCH3 is 2. The Hall–Kier alpha value is -2.75. The average molecular weight is 503 g/mol. The van der Waals surface area contributed by atoms with Crippen molar-refractivity contribution in [3.63, 3.8) is 0 Å². The molecule has 0 bridgehead atoms. The Morgan fingerprint density at radius 3 is 2.48 bits per heavy atom. The van der Waals surface area contributed by atoms with E-state index in [0.29, 0.717) is 28.0 Å². The van der Waals surface area contributed by atoms with E-state index in [1.807, 2.05) is 12.1 Å². The third-order valence-corrected chi connectivity index (χ3v) is 8.70. The van der Waals surface area contributed by atoms with Gasteiger partial charge in [0.1, 0.15) is 0 Å². The Bertz CT molecular complexity index is 1320. The number of anilines is 1. The number of halogens is 1. The van der Waals surface area contributed by atoms with Crippen LogP contribution in [0.5, 0.6) is 11.5 Å². The Morgan fingerprint density at radius 1 is 1.06 bits per heavy atom. The number of nitrogens with one attached hydrogen (secondary N) is 1. The number of hydrogen-bond donors (Lipinski definition) is 1. The second-order valence-electron chi connectivity index (χ2n) is 7.89. The molecule has 3 aromatic rings. The highest BCUT2D eigenvalue weighted by Gasteiger charge is 2.59. The maximum Gasteiger partial charge on any atom is 0.305 e. The molecule has 2 amide bonds. The van der Waals surface area contributed by atoms with Crippen LogP contribution in [0, 0.1) is 5.41 Å². The maximum atomic E-state index is 14.0. The molecule has 5 rings (SSSR count). The van der Waals surface area contributed by atoms with Gasteiger partial charge in [0.15, 0.2) is 11.5 Å². The molecule has 0 saturated carbocycles. The van der Waals surface area contributed by atoms with E-state index in [9.17, 15) is 14.4 Å². The van der Waals surface area contributed by atoms with Crippen molar-refractivity contribution in [1.29, 1.82) is 0 Å². The molecule has 0 unspecified atom stereocenters. The minimum atomic E-state index is -1.04. The zero-order valence-electron chi connectivity index (χ0n) is 17.7. The summed E-state index contributed by atoms with van der Waals surface area (Å²) < 4.78 is 10.9. The first-order valence-corrected chi connectivity index (χ1v) is 12.3. The molecule has 7 nitrogen and oxygen atoms in total. The number of ether oxygens (including phenoxy) is 2. The van der Waals surface area contributed by atoms with Gasteiger partial charge in [0.25, 0.3) is 0 Å². The lowest BCUT2D eigenvalue weighted by atomic mass is 9.71. The summed E-state index contributed by atoms with van der Waals surface area (Å²) in [7, 11) is 3.09. The monoisotopic (exact) mass is 502 g/mol. The van der Waals surface area contributed by atoms with Gasteiger partial charge in [0.2, 0.25) is 11.8 Å². The van der Waals surface area contributed by atoms with E-state index < -0.39 is 11.3 Å². The summed E-state index contributed by atoms with van der Waals surface area (Å²) in [5, 5.41) is 1.26. The fourth-order valence-electron chi connectivity index (χ4n) is 4.61. The summed E-state index contributed by atoms with van der Waals surface area (Å²) in [6, 6.07) is 12.1. The van der Waals surface area contributed by atoms with Gasteiger partial charge in [0, 0.05) is 28.0 Å². The lowest BCUT2D eigenvalue weighted by Crippen LogP contribution is -2.43. The molecule has 0 radical (unpaired) electrons. The molecule has 170 valence electrons. The van der Waals surface area contributed by atoms with Gasteiger partial charge in [-0.15, -0.1) is 11.8 Å². The van der Waals surface area contributed by atoms with Gasteiger partial charge in [-0.05, 0) is 42.0 Å². The van der Waals surface area contributed by atoms with Gasteiger partial charge in [-0.1, -0.05) is 29.0 Å². The number of benzene rings is 2. The van der Waals surface area contributed by atoms with E-state index >= 15 is 0 Å². The number of aromatic amines is 1. The van der Waals surface area contributed by atoms with Crippen LogP contribution in [0.2, 0.25) is 5.02 Å². The average Bonchev–Trinajstić information content (AvgIpc) is 3.30. The van der Waals surface area contributed by atoms with E-state index in [4.69, 9.17) is 21.1 Å². The Kier molecular flexibility index (Phi) is 5.50. The van der Waals surface area contributed by atoms with E-state index in [1.54, 1.807) is 44.6 Å². The highest BCUT2D eigenvalue weighted by molar-refractivity contribution is 7.99. The number of aromatic nitrogens is 1. The first kappa shape index (κ1) is 22.1. The van der Waals surface area contributed by atoms with Gasteiger partial charge in [-0.3, -0.25) is 14.4 Å². The quantitative estimate of drug-likeness (QED) is 0.535. The maximum absolute atomic E-state index is 14.0. The molecule has 2 aliphatic rings. The van der Waals surface area contributed by atoms with Crippen LogP contribution in [0.3, 0.4) is 0 Å². The van der Waals surface area contributed by atoms with Gasteiger partial charge >= 0.3 is 4.87 Å². The molecule has 2 aliphatic heterocycles. The van der Waals surface area contributed by atoms with Crippen molar-refractivity contribution in [3.8, 4) is 11.5 Å². The minimum Gasteiger partial charge on any atom is -0.493 e. The number of carbonyl (C=O) groups excluding carboxylic acids is 2. The summed E-state index contributed by atoms with van der Waals surface area (Å²) in [4.78, 5) is 44.1. The largest absolute Gasteiger partial charge is 0.493 e. The number of nitrogens with zero attached hydrogens (tertiary/aromatic N) is 1. The summed E-state index contributed by atoms with van der Waals surface area (Å²) in [6.07, 6.45) is 0.0337. The zero-order valence-corrected chi connectivity index (χ0v) is 20.1. The van der Waals surface area contributed by atoms with Gasteiger partial charge < -0.3 is 14.5 Å². The van der Waals surface area contributed by atoms with Crippen molar-refractivity contribution < 1.29 is 19.1 Å². The lowest BCUT2D eigenvalue weighted by molar-refractivity contribution is -0.125. The van der Waals surface area contributed by atoms with Crippen molar-refractivity contribution in [2.45, 2.75) is 17.4 Å². The van der Waals surface area contributed by atoms with Crippen molar-refractivity contribution >= 4 is 52.2 Å². The molecule has 3 heterocycles. The predicted molar refractivity (Wildman–Crippen MR) is 128 cm³/mol. The molecule has 0 aliphatic carbocycles. The Labute approximate surface area is 202 Å². The summed E-state index contributed by atoms with van der Waals surface area (Å²) in [6.45, 7) is 0. The molecular weight excluding hydrogens is 484 g/mol. The summed E-state index contributed by atoms with van der Waals surface area (Å²) >= 11 is 8.48. The molecular formula is C23H19ClN2O5S2. The third-order valence-electron chi connectivity index (χ3n) is 6.10. The number of H-pyrrole nitrogens is 1. The minimum absolute atomic E-state index is 0.0337. The van der Waals surface area contributed by atoms with Crippen LogP contribution in [-0.2, 0) is 9.59 Å². The molecule has 2 atom stereocenters. The SMILES string of the molecule is COc1ccc([C@H]2c3sc(=O)[nH]c3SC[C@]23CC(=O)N(c2ccc(Cl)cc2)C3=O)cc1OC. The summed E-state index contributed by atoms with van der Waals surface area (Å²) in [5.41, 5.74) is 0.220. The Balaban J connectivity index is 1.67. The molecule has 1 spiro atoms. The highest BCUT2D eigenvalue weighted by Crippen LogP contribution is 2.57. The normalized spacial score (nSPS) is 22.0. The number of imide groups is 1. The number of amides is 2. The van der Waals surface area contributed by atoms with E-state index in [0.717, 1.165) is 26.8 Å². The first-order chi connectivity index (χ1) is 15.9. The van der Waals surface area contributed by atoms with E-state index in [2.05, 4.69) is 4.98 Å². The zero-order chi connectivity index (χ0) is 23.3. The third kappa shape index (κ3) is 3.46. The second-order valence-corrected chi connectivity index (χ2v) is 10.3. The van der Waals surface area contributed by atoms with E-state index in [-0.39, 0.29) is 23.1 Å².